The fourth-order valence-electron chi connectivity index (χ4n) is 1.65. The van der Waals surface area contributed by atoms with Crippen LogP contribution in [0.15, 0.2) is 12.4 Å². The van der Waals surface area contributed by atoms with Crippen LogP contribution in [0, 0.1) is 0 Å². The molecule has 2 N–H and O–H groups in total. The third-order valence-electron chi connectivity index (χ3n) is 2.51. The van der Waals surface area contributed by atoms with Crippen LogP contribution in [0.3, 0.4) is 0 Å². The highest BCUT2D eigenvalue weighted by Gasteiger charge is 2.05. The monoisotopic (exact) mass is 222 g/mol. The average molecular weight is 222 g/mol. The Hall–Kier alpha value is -1.32. The first kappa shape index (κ1) is 12.7. The van der Waals surface area contributed by atoms with Gasteiger partial charge in [0.2, 0.25) is 0 Å². The second-order valence-corrected chi connectivity index (χ2v) is 3.86. The Morgan fingerprint density at radius 3 is 2.56 bits per heavy atom. The van der Waals surface area contributed by atoms with E-state index in [-0.39, 0.29) is 0 Å². The molecule has 0 aliphatic rings. The van der Waals surface area contributed by atoms with Crippen molar-refractivity contribution in [3.8, 4) is 0 Å². The third-order valence-corrected chi connectivity index (χ3v) is 2.51. The fourth-order valence-corrected chi connectivity index (χ4v) is 1.65. The minimum atomic E-state index is 0.509. The van der Waals surface area contributed by atoms with E-state index in [0.717, 1.165) is 24.6 Å². The van der Waals surface area contributed by atoms with Gasteiger partial charge in [0.05, 0.1) is 0 Å². The largest absolute Gasteiger partial charge is 0.370 e. The Labute approximate surface area is 97.9 Å². The van der Waals surface area contributed by atoms with Gasteiger partial charge in [-0.3, -0.25) is 0 Å². The first-order valence-corrected chi connectivity index (χ1v) is 6.12. The van der Waals surface area contributed by atoms with Gasteiger partial charge in [-0.05, 0) is 19.8 Å². The van der Waals surface area contributed by atoms with E-state index in [1.54, 1.807) is 6.33 Å². The van der Waals surface area contributed by atoms with Gasteiger partial charge in [0.15, 0.2) is 0 Å². The van der Waals surface area contributed by atoms with Crippen LogP contribution in [0.5, 0.6) is 0 Å². The van der Waals surface area contributed by atoms with E-state index in [9.17, 15) is 0 Å². The Bertz CT molecular complexity index is 301. The van der Waals surface area contributed by atoms with Crippen molar-refractivity contribution in [3.63, 3.8) is 0 Å². The fraction of sp³-hybridized carbons (Fsp3) is 0.667. The molecule has 1 atom stereocenters. The molecule has 90 valence electrons. The third kappa shape index (κ3) is 4.04. The summed E-state index contributed by atoms with van der Waals surface area (Å²) in [6.07, 6.45) is 5.08. The molecule has 0 bridgehead atoms. The lowest BCUT2D eigenvalue weighted by Gasteiger charge is -2.16. The van der Waals surface area contributed by atoms with Crippen molar-refractivity contribution in [2.24, 2.45) is 0 Å². The van der Waals surface area contributed by atoms with Crippen molar-refractivity contribution in [1.29, 1.82) is 0 Å². The van der Waals surface area contributed by atoms with Crippen LogP contribution in [0.2, 0.25) is 0 Å². The lowest BCUT2D eigenvalue weighted by Crippen LogP contribution is -2.19. The summed E-state index contributed by atoms with van der Waals surface area (Å²) in [4.78, 5) is 8.38. The van der Waals surface area contributed by atoms with Crippen LogP contribution in [-0.2, 0) is 0 Å². The summed E-state index contributed by atoms with van der Waals surface area (Å²) in [7, 11) is 0. The van der Waals surface area contributed by atoms with Crippen LogP contribution in [-0.4, -0.2) is 22.6 Å². The Morgan fingerprint density at radius 2 is 1.94 bits per heavy atom. The molecular weight excluding hydrogens is 200 g/mol. The standard InChI is InChI=1S/C12H22N4/c1-4-7-10(5-2)16-12-8-11(13-6-3)14-9-15-12/h8-10H,4-7H2,1-3H3,(H2,13,14,15,16). The van der Waals surface area contributed by atoms with E-state index in [2.05, 4.69) is 41.4 Å². The minimum absolute atomic E-state index is 0.509. The molecule has 0 aliphatic carbocycles. The van der Waals surface area contributed by atoms with E-state index in [1.165, 1.54) is 12.8 Å². The SMILES string of the molecule is CCCC(CC)Nc1cc(NCC)ncn1. The summed E-state index contributed by atoms with van der Waals surface area (Å²) in [5, 5.41) is 6.62. The molecule has 1 heterocycles. The molecule has 16 heavy (non-hydrogen) atoms. The summed E-state index contributed by atoms with van der Waals surface area (Å²) >= 11 is 0. The van der Waals surface area contributed by atoms with E-state index in [0.29, 0.717) is 6.04 Å². The number of nitrogens with one attached hydrogen (secondary N) is 2. The van der Waals surface area contributed by atoms with Gasteiger partial charge in [-0.2, -0.15) is 0 Å². The summed E-state index contributed by atoms with van der Waals surface area (Å²) in [6, 6.07) is 2.47. The maximum absolute atomic E-state index is 4.23. The number of anilines is 2. The molecule has 0 radical (unpaired) electrons. The van der Waals surface area contributed by atoms with Crippen molar-refractivity contribution in [1.82, 2.24) is 9.97 Å². The second kappa shape index (κ2) is 7.04. The molecule has 1 aromatic rings. The number of aromatic nitrogens is 2. The van der Waals surface area contributed by atoms with Gasteiger partial charge in [-0.1, -0.05) is 20.3 Å². The van der Waals surface area contributed by atoms with Gasteiger partial charge in [-0.25, -0.2) is 9.97 Å². The normalized spacial score (nSPS) is 12.2. The first-order valence-electron chi connectivity index (χ1n) is 6.12. The van der Waals surface area contributed by atoms with E-state index >= 15 is 0 Å². The van der Waals surface area contributed by atoms with Crippen molar-refractivity contribution >= 4 is 11.6 Å². The van der Waals surface area contributed by atoms with Gasteiger partial charge in [0, 0.05) is 18.7 Å². The predicted octanol–water partition coefficient (Wildman–Crippen LogP) is 2.90. The van der Waals surface area contributed by atoms with Crippen molar-refractivity contribution in [2.45, 2.75) is 46.1 Å². The van der Waals surface area contributed by atoms with E-state index in [1.807, 2.05) is 6.07 Å². The smallest absolute Gasteiger partial charge is 0.131 e. The predicted molar refractivity (Wildman–Crippen MR) is 68.8 cm³/mol. The molecule has 1 unspecified atom stereocenters. The molecule has 0 aromatic carbocycles. The van der Waals surface area contributed by atoms with E-state index < -0.39 is 0 Å². The summed E-state index contributed by atoms with van der Waals surface area (Å²) < 4.78 is 0. The van der Waals surface area contributed by atoms with Gasteiger partial charge >= 0.3 is 0 Å². The Kier molecular flexibility index (Phi) is 5.61. The van der Waals surface area contributed by atoms with Crippen LogP contribution in [0.1, 0.15) is 40.0 Å². The first-order chi connectivity index (χ1) is 7.80. The summed E-state index contributed by atoms with van der Waals surface area (Å²) in [6.45, 7) is 7.33. The summed E-state index contributed by atoms with van der Waals surface area (Å²) in [5.74, 6) is 1.79. The molecule has 1 rings (SSSR count). The molecule has 0 fully saturated rings. The number of hydrogen-bond acceptors (Lipinski definition) is 4. The zero-order valence-corrected chi connectivity index (χ0v) is 10.5. The van der Waals surface area contributed by atoms with Gasteiger partial charge < -0.3 is 10.6 Å². The van der Waals surface area contributed by atoms with Gasteiger partial charge in [-0.15, -0.1) is 0 Å². The molecule has 0 saturated carbocycles. The van der Waals surface area contributed by atoms with Gasteiger partial charge in [0.1, 0.15) is 18.0 Å². The van der Waals surface area contributed by atoms with Crippen LogP contribution in [0.25, 0.3) is 0 Å². The Morgan fingerprint density at radius 1 is 1.19 bits per heavy atom. The lowest BCUT2D eigenvalue weighted by molar-refractivity contribution is 0.620. The molecule has 0 saturated heterocycles. The quantitative estimate of drug-likeness (QED) is 0.744. The zero-order chi connectivity index (χ0) is 11.8. The van der Waals surface area contributed by atoms with Crippen molar-refractivity contribution in [3.05, 3.63) is 12.4 Å². The highest BCUT2D eigenvalue weighted by Crippen LogP contribution is 2.12. The molecule has 0 amide bonds. The van der Waals surface area contributed by atoms with Crippen molar-refractivity contribution < 1.29 is 0 Å². The average Bonchev–Trinajstić information content (AvgIpc) is 2.29. The highest BCUT2D eigenvalue weighted by molar-refractivity contribution is 5.46. The molecular formula is C12H22N4. The molecule has 0 spiro atoms. The maximum Gasteiger partial charge on any atom is 0.131 e. The summed E-state index contributed by atoms with van der Waals surface area (Å²) in [5.41, 5.74) is 0. The van der Waals surface area contributed by atoms with Crippen LogP contribution in [0.4, 0.5) is 11.6 Å². The number of hydrogen-bond donors (Lipinski definition) is 2. The maximum atomic E-state index is 4.23. The van der Waals surface area contributed by atoms with Crippen LogP contribution >= 0.6 is 0 Å². The topological polar surface area (TPSA) is 49.8 Å². The number of rotatable bonds is 7. The molecule has 4 heteroatoms. The lowest BCUT2D eigenvalue weighted by atomic mass is 10.1. The molecule has 0 aliphatic heterocycles. The molecule has 1 aromatic heterocycles. The highest BCUT2D eigenvalue weighted by atomic mass is 15.1. The second-order valence-electron chi connectivity index (χ2n) is 3.86. The zero-order valence-electron chi connectivity index (χ0n) is 10.5. The number of nitrogens with zero attached hydrogens (tertiary/aromatic N) is 2. The van der Waals surface area contributed by atoms with Crippen LogP contribution < -0.4 is 10.6 Å². The Balaban J connectivity index is 2.60. The van der Waals surface area contributed by atoms with Gasteiger partial charge in [0.25, 0.3) is 0 Å². The molecule has 4 nitrogen and oxygen atoms in total. The minimum Gasteiger partial charge on any atom is -0.370 e. The van der Waals surface area contributed by atoms with E-state index in [4.69, 9.17) is 0 Å². The van der Waals surface area contributed by atoms with Crippen molar-refractivity contribution in [2.75, 3.05) is 17.2 Å².